The molecule has 0 bridgehead atoms. The number of nitrogens with one attached hydrogen (secondary N) is 3. The Labute approximate surface area is 189 Å². The molecule has 0 aromatic heterocycles. The Hall–Kier alpha value is -1.51. The Morgan fingerprint density at radius 3 is 2.42 bits per heavy atom. The molecule has 2 aliphatic rings. The summed E-state index contributed by atoms with van der Waals surface area (Å²) in [6.45, 7) is 4.22. The molecule has 2 heterocycles. The second-order valence-corrected chi connectivity index (χ2v) is 8.58. The van der Waals surface area contributed by atoms with Gasteiger partial charge >= 0.3 is 6.03 Å². The number of unbranched alkanes of at least 4 members (excludes halogenated alkanes) is 1. The van der Waals surface area contributed by atoms with Gasteiger partial charge in [0.1, 0.15) is 6.61 Å². The van der Waals surface area contributed by atoms with Crippen LogP contribution in [0.5, 0.6) is 0 Å². The summed E-state index contributed by atoms with van der Waals surface area (Å²) in [7, 11) is 0. The quantitative estimate of drug-likeness (QED) is 0.157. The molecule has 3 atom stereocenters. The van der Waals surface area contributed by atoms with E-state index in [0.717, 1.165) is 25.0 Å². The summed E-state index contributed by atoms with van der Waals surface area (Å²) in [5.74, 6) is 3.41. The van der Waals surface area contributed by atoms with Gasteiger partial charge in [0.15, 0.2) is 0 Å². The number of hydrogen-bond acceptors (Lipinski definition) is 7. The zero-order chi connectivity index (χ0) is 22.2. The van der Waals surface area contributed by atoms with Crippen molar-refractivity contribution < 1.29 is 28.5 Å². The van der Waals surface area contributed by atoms with Crippen LogP contribution in [0.3, 0.4) is 0 Å². The fourth-order valence-electron chi connectivity index (χ4n) is 3.42. The molecule has 10 heteroatoms. The molecule has 0 unspecified atom stereocenters. The predicted molar refractivity (Wildman–Crippen MR) is 119 cm³/mol. The average Bonchev–Trinajstić information content (AvgIpc) is 3.30. The van der Waals surface area contributed by atoms with Crippen molar-refractivity contribution in [3.05, 3.63) is 0 Å². The van der Waals surface area contributed by atoms with Crippen LogP contribution in [0, 0.1) is 12.3 Å². The molecule has 0 spiro atoms. The van der Waals surface area contributed by atoms with Crippen LogP contribution in [0.2, 0.25) is 0 Å². The number of rotatable bonds is 18. The third-order valence-corrected chi connectivity index (χ3v) is 6.46. The van der Waals surface area contributed by atoms with E-state index in [0.29, 0.717) is 71.1 Å². The number of carbonyl (C=O) groups excluding carboxylic acids is 2. The number of terminal acetylenes is 1. The molecule has 2 rings (SSSR count). The van der Waals surface area contributed by atoms with Crippen LogP contribution in [0.1, 0.15) is 25.7 Å². The summed E-state index contributed by atoms with van der Waals surface area (Å²) in [4.78, 5) is 23.3. The molecule has 3 N–H and O–H groups in total. The fraction of sp³-hybridized carbons (Fsp3) is 0.810. The van der Waals surface area contributed by atoms with Gasteiger partial charge in [-0.2, -0.15) is 11.8 Å². The van der Waals surface area contributed by atoms with Gasteiger partial charge in [0.05, 0.1) is 58.3 Å². The number of carbonyl (C=O) groups is 2. The Morgan fingerprint density at radius 2 is 1.71 bits per heavy atom. The molecule has 0 aromatic rings. The van der Waals surface area contributed by atoms with Crippen molar-refractivity contribution in [2.45, 2.75) is 43.0 Å². The summed E-state index contributed by atoms with van der Waals surface area (Å²) >= 11 is 1.90. The Balaban J connectivity index is 1.30. The second-order valence-electron chi connectivity index (χ2n) is 7.31. The van der Waals surface area contributed by atoms with Gasteiger partial charge in [0, 0.05) is 24.0 Å². The number of hydrogen-bond donors (Lipinski definition) is 3. The highest BCUT2D eigenvalue weighted by molar-refractivity contribution is 8.00. The first-order chi connectivity index (χ1) is 15.2. The highest BCUT2D eigenvalue weighted by Crippen LogP contribution is 2.33. The average molecular weight is 458 g/mol. The Morgan fingerprint density at radius 1 is 1.03 bits per heavy atom. The lowest BCUT2D eigenvalue weighted by atomic mass is 10.0. The molecule has 2 fully saturated rings. The van der Waals surface area contributed by atoms with Crippen LogP contribution in [0.25, 0.3) is 0 Å². The SMILES string of the molecule is C#CCOCCOCCOCCOCCNC(=O)CCCC[C@@H]1SC[C@@H]2NC(=O)N[C@@H]21. The minimum Gasteiger partial charge on any atom is -0.377 e. The highest BCUT2D eigenvalue weighted by Gasteiger charge is 2.42. The number of ether oxygens (including phenoxy) is 4. The van der Waals surface area contributed by atoms with Crippen molar-refractivity contribution >= 4 is 23.7 Å². The van der Waals surface area contributed by atoms with Crippen LogP contribution in [0.15, 0.2) is 0 Å². The first-order valence-corrected chi connectivity index (χ1v) is 12.0. The molecule has 2 saturated heterocycles. The van der Waals surface area contributed by atoms with Gasteiger partial charge in [-0.15, -0.1) is 6.42 Å². The smallest absolute Gasteiger partial charge is 0.315 e. The third-order valence-electron chi connectivity index (χ3n) is 4.95. The lowest BCUT2D eigenvalue weighted by molar-refractivity contribution is -0.121. The van der Waals surface area contributed by atoms with Gasteiger partial charge < -0.3 is 34.9 Å². The van der Waals surface area contributed by atoms with Crippen molar-refractivity contribution in [3.63, 3.8) is 0 Å². The minimum absolute atomic E-state index is 0.0519. The van der Waals surface area contributed by atoms with E-state index in [4.69, 9.17) is 25.4 Å². The number of fused-ring (bicyclic) bond motifs is 1. The van der Waals surface area contributed by atoms with Gasteiger partial charge in [0.2, 0.25) is 5.91 Å². The van der Waals surface area contributed by atoms with Crippen LogP contribution in [0.4, 0.5) is 4.79 Å². The molecule has 0 aliphatic carbocycles. The van der Waals surface area contributed by atoms with Gasteiger partial charge in [-0.3, -0.25) is 4.79 Å². The van der Waals surface area contributed by atoms with Crippen LogP contribution in [-0.2, 0) is 23.7 Å². The normalized spacial score (nSPS) is 21.9. The lowest BCUT2D eigenvalue weighted by Crippen LogP contribution is -2.36. The first kappa shape index (κ1) is 25.7. The van der Waals surface area contributed by atoms with E-state index in [2.05, 4.69) is 21.9 Å². The molecule has 0 saturated carbocycles. The highest BCUT2D eigenvalue weighted by atomic mass is 32.2. The van der Waals surface area contributed by atoms with Crippen LogP contribution < -0.4 is 16.0 Å². The summed E-state index contributed by atoms with van der Waals surface area (Å²) in [5.41, 5.74) is 0. The molecular formula is C21H35N3O6S. The van der Waals surface area contributed by atoms with Gasteiger partial charge in [-0.25, -0.2) is 4.79 Å². The fourth-order valence-corrected chi connectivity index (χ4v) is 4.96. The van der Waals surface area contributed by atoms with Gasteiger partial charge in [-0.05, 0) is 12.8 Å². The maximum Gasteiger partial charge on any atom is 0.315 e. The molecular weight excluding hydrogens is 422 g/mol. The summed E-state index contributed by atoms with van der Waals surface area (Å²) in [5, 5.41) is 9.26. The largest absolute Gasteiger partial charge is 0.377 e. The molecule has 176 valence electrons. The molecule has 2 aliphatic heterocycles. The number of amides is 3. The molecule has 0 aromatic carbocycles. The zero-order valence-electron chi connectivity index (χ0n) is 18.1. The summed E-state index contributed by atoms with van der Waals surface area (Å²) in [6, 6.07) is 0.439. The topological polar surface area (TPSA) is 107 Å². The number of thioether (sulfide) groups is 1. The van der Waals surface area contributed by atoms with Gasteiger partial charge in [0.25, 0.3) is 0 Å². The van der Waals surface area contributed by atoms with Crippen molar-refractivity contribution in [1.29, 1.82) is 0 Å². The lowest BCUT2D eigenvalue weighted by Gasteiger charge is -2.16. The van der Waals surface area contributed by atoms with Crippen LogP contribution in [-0.4, -0.2) is 94.4 Å². The summed E-state index contributed by atoms with van der Waals surface area (Å²) < 4.78 is 21.2. The van der Waals surface area contributed by atoms with Crippen LogP contribution >= 0.6 is 11.8 Å². The van der Waals surface area contributed by atoms with E-state index in [9.17, 15) is 9.59 Å². The minimum atomic E-state index is -0.0548. The van der Waals surface area contributed by atoms with E-state index in [1.54, 1.807) is 0 Å². The Kier molecular flexibility index (Phi) is 13.4. The van der Waals surface area contributed by atoms with Crippen molar-refractivity contribution in [1.82, 2.24) is 16.0 Å². The molecule has 0 radical (unpaired) electrons. The first-order valence-electron chi connectivity index (χ1n) is 10.9. The van der Waals surface area contributed by atoms with Gasteiger partial charge in [-0.1, -0.05) is 12.3 Å². The molecule has 3 amide bonds. The Bertz CT molecular complexity index is 574. The number of urea groups is 1. The molecule has 31 heavy (non-hydrogen) atoms. The summed E-state index contributed by atoms with van der Waals surface area (Å²) in [6.07, 6.45) is 8.45. The van der Waals surface area contributed by atoms with Crippen molar-refractivity contribution in [3.8, 4) is 12.3 Å². The zero-order valence-corrected chi connectivity index (χ0v) is 18.9. The maximum absolute atomic E-state index is 11.9. The van der Waals surface area contributed by atoms with E-state index in [1.165, 1.54) is 0 Å². The monoisotopic (exact) mass is 457 g/mol. The van der Waals surface area contributed by atoms with E-state index in [1.807, 2.05) is 11.8 Å². The van der Waals surface area contributed by atoms with E-state index >= 15 is 0 Å². The predicted octanol–water partition coefficient (Wildman–Crippen LogP) is 0.528. The van der Waals surface area contributed by atoms with E-state index in [-0.39, 0.29) is 24.0 Å². The third kappa shape index (κ3) is 11.1. The van der Waals surface area contributed by atoms with Crippen molar-refractivity contribution in [2.24, 2.45) is 0 Å². The van der Waals surface area contributed by atoms with E-state index < -0.39 is 0 Å². The van der Waals surface area contributed by atoms with Crippen molar-refractivity contribution in [2.75, 3.05) is 65.2 Å². The maximum atomic E-state index is 11.9. The standard InChI is InChI=1S/C21H35N3O6S/c1-2-8-27-10-12-29-14-15-30-13-11-28-9-7-22-19(25)6-4-3-5-18-20-17(16-31-18)23-21(26)24-20/h1,17-18,20H,3-16H2,(H,22,25)(H2,23,24,26)/t17-,18-,20-/m0/s1. The second kappa shape index (κ2) is 16.2. The molecule has 9 nitrogen and oxygen atoms in total.